The van der Waals surface area contributed by atoms with Crippen LogP contribution in [0.4, 0.5) is 0 Å². The summed E-state index contributed by atoms with van der Waals surface area (Å²) in [7, 11) is 3.47. The average molecular weight is 557 g/mol. The summed E-state index contributed by atoms with van der Waals surface area (Å²) in [6, 6.07) is 10.1. The molecule has 0 spiro atoms. The van der Waals surface area contributed by atoms with Crippen LogP contribution in [0, 0.1) is 17.8 Å². The third-order valence-electron chi connectivity index (χ3n) is 9.71. The van der Waals surface area contributed by atoms with E-state index < -0.39 is 0 Å². The van der Waals surface area contributed by atoms with Crippen molar-refractivity contribution < 1.29 is 14.3 Å². The number of pyridine rings is 1. The molecule has 3 aromatic heterocycles. The molecular formula is C32H40N6O3. The smallest absolute Gasteiger partial charge is 0.254 e. The summed E-state index contributed by atoms with van der Waals surface area (Å²) in [5.74, 6) is 2.95. The average Bonchev–Trinajstić information content (AvgIpc) is 3.53. The van der Waals surface area contributed by atoms with Gasteiger partial charge in [0.25, 0.3) is 5.91 Å². The molecule has 216 valence electrons. The molecule has 2 N–H and O–H groups in total. The fourth-order valence-corrected chi connectivity index (χ4v) is 6.89. The van der Waals surface area contributed by atoms with E-state index in [1.165, 1.54) is 12.8 Å². The maximum Gasteiger partial charge on any atom is 0.254 e. The van der Waals surface area contributed by atoms with Crippen LogP contribution >= 0.6 is 0 Å². The summed E-state index contributed by atoms with van der Waals surface area (Å²) in [6.07, 6.45) is 6.72. The highest BCUT2D eigenvalue weighted by atomic mass is 16.5. The van der Waals surface area contributed by atoms with Crippen LogP contribution in [-0.4, -0.2) is 68.9 Å². The normalized spacial score (nSPS) is 26.2. The molecule has 0 radical (unpaired) electrons. The van der Waals surface area contributed by atoms with Crippen molar-refractivity contribution in [3.63, 3.8) is 0 Å². The number of imidazole rings is 1. The van der Waals surface area contributed by atoms with Gasteiger partial charge in [0.2, 0.25) is 0 Å². The standard InChI is InChI=1S/C32H40N6O3/c1-18-15-36(19(2)28(18)33)32(39)23-12-25-29(27(14-23)41-4)38(17-21-10-24(11-21)40-3)31(35-25)26-13-22-6-5-9-34-30(22)37(26)16-20-7-8-20/h5-6,9,12-14,18-21,24,28H,7-8,10-11,15-17,33H2,1-4H3/t18-,19?,21?,24?,28?/m1/s1. The molecule has 1 amide bonds. The van der Waals surface area contributed by atoms with Crippen LogP contribution in [0.2, 0.25) is 0 Å². The second kappa shape index (κ2) is 10.1. The Hall–Kier alpha value is -3.43. The molecule has 9 heteroatoms. The lowest BCUT2D eigenvalue weighted by Crippen LogP contribution is -2.40. The van der Waals surface area contributed by atoms with Crippen molar-refractivity contribution in [2.24, 2.45) is 23.5 Å². The van der Waals surface area contributed by atoms with E-state index in [1.807, 2.05) is 36.2 Å². The van der Waals surface area contributed by atoms with Crippen LogP contribution in [0.1, 0.15) is 49.9 Å². The Morgan fingerprint density at radius 1 is 1.07 bits per heavy atom. The number of methoxy groups -OCH3 is 2. The number of aromatic nitrogens is 4. The molecular weight excluding hydrogens is 516 g/mol. The predicted octanol–water partition coefficient (Wildman–Crippen LogP) is 4.70. The van der Waals surface area contributed by atoms with Gasteiger partial charge in [0.1, 0.15) is 16.9 Å². The van der Waals surface area contributed by atoms with Gasteiger partial charge in [-0.1, -0.05) is 6.92 Å². The summed E-state index contributed by atoms with van der Waals surface area (Å²) in [5.41, 5.74) is 10.7. The Labute approximate surface area is 240 Å². The molecule has 3 fully saturated rings. The first-order chi connectivity index (χ1) is 19.9. The van der Waals surface area contributed by atoms with Crippen molar-refractivity contribution in [2.45, 2.75) is 70.8 Å². The molecule has 7 rings (SSSR count). The van der Waals surface area contributed by atoms with Crippen LogP contribution in [-0.2, 0) is 17.8 Å². The van der Waals surface area contributed by atoms with Gasteiger partial charge in [0.05, 0.1) is 24.4 Å². The lowest BCUT2D eigenvalue weighted by atomic mass is 9.82. The van der Waals surface area contributed by atoms with Gasteiger partial charge in [-0.25, -0.2) is 9.97 Å². The summed E-state index contributed by atoms with van der Waals surface area (Å²) in [6.45, 7) is 6.53. The van der Waals surface area contributed by atoms with Crippen LogP contribution < -0.4 is 10.5 Å². The number of nitrogens with zero attached hydrogens (tertiary/aromatic N) is 5. The lowest BCUT2D eigenvalue weighted by molar-refractivity contribution is -0.00392. The van der Waals surface area contributed by atoms with E-state index in [1.54, 1.807) is 14.2 Å². The highest BCUT2D eigenvalue weighted by molar-refractivity contribution is 6.00. The predicted molar refractivity (Wildman–Crippen MR) is 159 cm³/mol. The van der Waals surface area contributed by atoms with Gasteiger partial charge < -0.3 is 29.2 Å². The number of nitrogens with two attached hydrogens (primary N) is 1. The number of ether oxygens (including phenoxy) is 2. The minimum atomic E-state index is -0.0317. The van der Waals surface area contributed by atoms with Crippen LogP contribution in [0.15, 0.2) is 36.5 Å². The van der Waals surface area contributed by atoms with Gasteiger partial charge in [-0.05, 0) is 80.7 Å². The first kappa shape index (κ1) is 26.5. The summed E-state index contributed by atoms with van der Waals surface area (Å²) >= 11 is 0. The van der Waals surface area contributed by atoms with E-state index in [0.29, 0.717) is 35.8 Å². The number of likely N-dealkylation sites (tertiary alicyclic amines) is 1. The largest absolute Gasteiger partial charge is 0.494 e. The fourth-order valence-electron chi connectivity index (χ4n) is 6.89. The number of fused-ring (bicyclic) bond motifs is 2. The minimum Gasteiger partial charge on any atom is -0.494 e. The van der Waals surface area contributed by atoms with Crippen molar-refractivity contribution >= 4 is 28.0 Å². The number of rotatable bonds is 8. The number of carbonyl (C=O) groups is 1. The lowest BCUT2D eigenvalue weighted by Gasteiger charge is -2.34. The quantitative estimate of drug-likeness (QED) is 0.338. The molecule has 3 aliphatic rings. The van der Waals surface area contributed by atoms with Crippen molar-refractivity contribution in [2.75, 3.05) is 20.8 Å². The fraction of sp³-hybridized carbons (Fsp3) is 0.531. The first-order valence-electron chi connectivity index (χ1n) is 15.0. The summed E-state index contributed by atoms with van der Waals surface area (Å²) in [4.78, 5) is 25.7. The molecule has 0 bridgehead atoms. The van der Waals surface area contributed by atoms with E-state index in [-0.39, 0.29) is 23.9 Å². The zero-order valence-corrected chi connectivity index (χ0v) is 24.4. The third kappa shape index (κ3) is 4.50. The second-order valence-electron chi connectivity index (χ2n) is 12.5. The zero-order chi connectivity index (χ0) is 28.4. The Kier molecular flexibility index (Phi) is 6.54. The van der Waals surface area contributed by atoms with Crippen molar-refractivity contribution in [3.05, 3.63) is 42.1 Å². The van der Waals surface area contributed by atoms with Gasteiger partial charge >= 0.3 is 0 Å². The molecule has 2 unspecified atom stereocenters. The van der Waals surface area contributed by atoms with E-state index in [4.69, 9.17) is 25.2 Å². The summed E-state index contributed by atoms with van der Waals surface area (Å²) < 4.78 is 16.2. The van der Waals surface area contributed by atoms with E-state index in [9.17, 15) is 4.79 Å². The molecule has 1 aromatic carbocycles. The van der Waals surface area contributed by atoms with Crippen LogP contribution in [0.3, 0.4) is 0 Å². The Bertz CT molecular complexity index is 1610. The molecule has 4 heterocycles. The van der Waals surface area contributed by atoms with Gasteiger partial charge in [-0.2, -0.15) is 0 Å². The van der Waals surface area contributed by atoms with Crippen molar-refractivity contribution in [3.8, 4) is 17.3 Å². The monoisotopic (exact) mass is 556 g/mol. The maximum atomic E-state index is 13.8. The first-order valence-corrected chi connectivity index (χ1v) is 15.0. The maximum absolute atomic E-state index is 13.8. The van der Waals surface area contributed by atoms with Crippen molar-refractivity contribution in [1.82, 2.24) is 24.0 Å². The number of hydrogen-bond donors (Lipinski definition) is 1. The van der Waals surface area contributed by atoms with E-state index in [0.717, 1.165) is 59.5 Å². The second-order valence-corrected chi connectivity index (χ2v) is 12.5. The van der Waals surface area contributed by atoms with Crippen LogP contribution in [0.25, 0.3) is 33.6 Å². The Morgan fingerprint density at radius 3 is 2.54 bits per heavy atom. The molecule has 41 heavy (non-hydrogen) atoms. The van der Waals surface area contributed by atoms with Gasteiger partial charge in [-0.3, -0.25) is 4.79 Å². The minimum absolute atomic E-state index is 0.0229. The van der Waals surface area contributed by atoms with Gasteiger partial charge in [0.15, 0.2) is 5.82 Å². The molecule has 2 aliphatic carbocycles. The SMILES string of the molecule is COc1cc(C(=O)N2C[C@@H](C)C(N)C2C)cc2nc(-c3cc4cccnc4n3CC3CC3)n(CC3CC(OC)C3)c12. The topological polar surface area (TPSA) is 100 Å². The molecule has 4 aromatic rings. The molecule has 9 nitrogen and oxygen atoms in total. The molecule has 1 saturated heterocycles. The number of carbonyl (C=O) groups excluding carboxylic acids is 1. The number of amides is 1. The van der Waals surface area contributed by atoms with Crippen molar-refractivity contribution in [1.29, 1.82) is 0 Å². The number of benzene rings is 1. The Balaban J connectivity index is 1.38. The third-order valence-corrected chi connectivity index (χ3v) is 9.71. The zero-order valence-electron chi connectivity index (χ0n) is 24.4. The van der Waals surface area contributed by atoms with E-state index in [2.05, 4.69) is 28.2 Å². The molecule has 1 aliphatic heterocycles. The van der Waals surface area contributed by atoms with Gasteiger partial charge in [0, 0.05) is 56.0 Å². The van der Waals surface area contributed by atoms with Crippen LogP contribution in [0.5, 0.6) is 5.75 Å². The summed E-state index contributed by atoms with van der Waals surface area (Å²) in [5, 5.41) is 1.11. The van der Waals surface area contributed by atoms with Gasteiger partial charge in [-0.15, -0.1) is 0 Å². The molecule has 2 saturated carbocycles. The highest BCUT2D eigenvalue weighted by Crippen LogP contribution is 2.40. The Morgan fingerprint density at radius 2 is 1.85 bits per heavy atom. The van der Waals surface area contributed by atoms with E-state index >= 15 is 0 Å². The number of hydrogen-bond acceptors (Lipinski definition) is 6. The molecule has 3 atom stereocenters. The highest BCUT2D eigenvalue weighted by Gasteiger charge is 2.38.